The monoisotopic (exact) mass is 180 g/mol. The van der Waals surface area contributed by atoms with Crippen LogP contribution in [0.3, 0.4) is 0 Å². The Hall–Kier alpha value is -1.09. The number of pyridine rings is 1. The molecule has 3 nitrogen and oxygen atoms in total. The van der Waals surface area contributed by atoms with Gasteiger partial charge in [0.1, 0.15) is 5.75 Å². The van der Waals surface area contributed by atoms with E-state index in [1.54, 1.807) is 13.3 Å². The van der Waals surface area contributed by atoms with Crippen LogP contribution in [0.15, 0.2) is 18.3 Å². The van der Waals surface area contributed by atoms with Crippen LogP contribution in [0.5, 0.6) is 5.75 Å². The average Bonchev–Trinajstić information content (AvgIpc) is 2.16. The molecule has 0 aromatic carbocycles. The summed E-state index contributed by atoms with van der Waals surface area (Å²) >= 11 is 0. The molecule has 0 unspecified atom stereocenters. The molecule has 0 spiro atoms. The Morgan fingerprint density at radius 2 is 2.15 bits per heavy atom. The summed E-state index contributed by atoms with van der Waals surface area (Å²) < 4.78 is 5.09. The van der Waals surface area contributed by atoms with Crippen LogP contribution in [0.4, 0.5) is 0 Å². The minimum atomic E-state index is -0.0184. The maximum Gasteiger partial charge on any atom is 0.122 e. The first-order chi connectivity index (χ1) is 6.15. The number of methoxy groups -OCH3 is 1. The minimum absolute atomic E-state index is 0.0184. The molecule has 0 saturated heterocycles. The Labute approximate surface area is 78.9 Å². The van der Waals surface area contributed by atoms with Crippen LogP contribution in [-0.4, -0.2) is 12.1 Å². The lowest BCUT2D eigenvalue weighted by atomic mass is 10.0. The van der Waals surface area contributed by atoms with Crippen LogP contribution in [0.1, 0.15) is 25.6 Å². The third kappa shape index (κ3) is 2.42. The molecular weight excluding hydrogens is 164 g/mol. The number of hydrogen-bond acceptors (Lipinski definition) is 3. The summed E-state index contributed by atoms with van der Waals surface area (Å²) in [6.45, 7) is 4.15. The van der Waals surface area contributed by atoms with E-state index in [0.29, 0.717) is 5.92 Å². The van der Waals surface area contributed by atoms with E-state index in [2.05, 4.69) is 18.8 Å². The molecule has 72 valence electrons. The molecule has 2 N–H and O–H groups in total. The normalized spacial score (nSPS) is 13.0. The van der Waals surface area contributed by atoms with Crippen LogP contribution < -0.4 is 10.5 Å². The van der Waals surface area contributed by atoms with Gasteiger partial charge in [0, 0.05) is 18.3 Å². The first kappa shape index (κ1) is 9.99. The molecule has 0 aliphatic heterocycles. The molecule has 0 saturated carbocycles. The van der Waals surface area contributed by atoms with Crippen molar-refractivity contribution >= 4 is 0 Å². The first-order valence-corrected chi connectivity index (χ1v) is 4.40. The average molecular weight is 180 g/mol. The number of aromatic nitrogens is 1. The third-order valence-electron chi connectivity index (χ3n) is 2.05. The molecule has 0 aliphatic carbocycles. The topological polar surface area (TPSA) is 48.1 Å². The van der Waals surface area contributed by atoms with Crippen molar-refractivity contribution in [1.29, 1.82) is 0 Å². The predicted octanol–water partition coefficient (Wildman–Crippen LogP) is 1.75. The largest absolute Gasteiger partial charge is 0.497 e. The molecule has 0 amide bonds. The molecule has 0 radical (unpaired) electrons. The van der Waals surface area contributed by atoms with Crippen LogP contribution in [0, 0.1) is 5.92 Å². The third-order valence-corrected chi connectivity index (χ3v) is 2.05. The molecule has 3 heteroatoms. The second-order valence-corrected chi connectivity index (χ2v) is 3.39. The van der Waals surface area contributed by atoms with Crippen molar-refractivity contribution in [2.75, 3.05) is 7.11 Å². The molecule has 1 rings (SSSR count). The fraction of sp³-hybridized carbons (Fsp3) is 0.500. The van der Waals surface area contributed by atoms with Crippen molar-refractivity contribution in [3.8, 4) is 5.75 Å². The van der Waals surface area contributed by atoms with Crippen molar-refractivity contribution in [2.45, 2.75) is 19.9 Å². The van der Waals surface area contributed by atoms with E-state index in [0.717, 1.165) is 11.4 Å². The first-order valence-electron chi connectivity index (χ1n) is 4.40. The summed E-state index contributed by atoms with van der Waals surface area (Å²) in [4.78, 5) is 4.20. The number of hydrogen-bond donors (Lipinski definition) is 1. The molecular formula is C10H16N2O. The highest BCUT2D eigenvalue weighted by molar-refractivity contribution is 5.24. The molecule has 1 heterocycles. The van der Waals surface area contributed by atoms with Gasteiger partial charge in [-0.05, 0) is 12.0 Å². The van der Waals surface area contributed by atoms with Crippen LogP contribution >= 0.6 is 0 Å². The van der Waals surface area contributed by atoms with Gasteiger partial charge in [-0.2, -0.15) is 0 Å². The Kier molecular flexibility index (Phi) is 3.25. The van der Waals surface area contributed by atoms with Gasteiger partial charge in [-0.25, -0.2) is 0 Å². The number of nitrogens with zero attached hydrogens (tertiary/aromatic N) is 1. The maximum absolute atomic E-state index is 5.94. The highest BCUT2D eigenvalue weighted by Gasteiger charge is 2.11. The van der Waals surface area contributed by atoms with Gasteiger partial charge in [0.25, 0.3) is 0 Å². The van der Waals surface area contributed by atoms with E-state index in [9.17, 15) is 0 Å². The number of nitrogens with two attached hydrogens (primary N) is 1. The lowest BCUT2D eigenvalue weighted by molar-refractivity contribution is 0.411. The molecule has 0 fully saturated rings. The molecule has 1 aromatic rings. The summed E-state index contributed by atoms with van der Waals surface area (Å²) in [6, 6.07) is 3.68. The van der Waals surface area contributed by atoms with Gasteiger partial charge in [-0.15, -0.1) is 0 Å². The Balaban J connectivity index is 2.88. The highest BCUT2D eigenvalue weighted by atomic mass is 16.5. The van der Waals surface area contributed by atoms with Gasteiger partial charge in [0.15, 0.2) is 0 Å². The zero-order valence-electron chi connectivity index (χ0n) is 8.32. The Morgan fingerprint density at radius 3 is 2.69 bits per heavy atom. The second kappa shape index (κ2) is 4.23. The predicted molar refractivity (Wildman–Crippen MR) is 52.6 cm³/mol. The number of rotatable bonds is 3. The lowest BCUT2D eigenvalue weighted by Gasteiger charge is -2.15. The van der Waals surface area contributed by atoms with Crippen molar-refractivity contribution in [1.82, 2.24) is 4.98 Å². The van der Waals surface area contributed by atoms with Gasteiger partial charge in [-0.3, -0.25) is 4.98 Å². The van der Waals surface area contributed by atoms with Gasteiger partial charge in [0.05, 0.1) is 12.8 Å². The summed E-state index contributed by atoms with van der Waals surface area (Å²) in [5, 5.41) is 0. The number of ether oxygens (including phenoxy) is 1. The van der Waals surface area contributed by atoms with E-state index in [4.69, 9.17) is 10.5 Å². The van der Waals surface area contributed by atoms with Crippen LogP contribution in [0.25, 0.3) is 0 Å². The molecule has 13 heavy (non-hydrogen) atoms. The van der Waals surface area contributed by atoms with Crippen molar-refractivity contribution < 1.29 is 4.74 Å². The van der Waals surface area contributed by atoms with Crippen molar-refractivity contribution in [3.05, 3.63) is 24.0 Å². The smallest absolute Gasteiger partial charge is 0.122 e. The van der Waals surface area contributed by atoms with Crippen molar-refractivity contribution in [3.63, 3.8) is 0 Å². The van der Waals surface area contributed by atoms with E-state index >= 15 is 0 Å². The molecule has 1 aromatic heterocycles. The minimum Gasteiger partial charge on any atom is -0.497 e. The molecule has 1 atom stereocenters. The zero-order chi connectivity index (χ0) is 9.84. The Bertz CT molecular complexity index is 273. The lowest BCUT2D eigenvalue weighted by Crippen LogP contribution is -2.17. The fourth-order valence-corrected chi connectivity index (χ4v) is 1.08. The summed E-state index contributed by atoms with van der Waals surface area (Å²) in [6.07, 6.45) is 1.72. The second-order valence-electron chi connectivity index (χ2n) is 3.39. The van der Waals surface area contributed by atoms with E-state index < -0.39 is 0 Å². The summed E-state index contributed by atoms with van der Waals surface area (Å²) in [5.41, 5.74) is 6.83. The SMILES string of the molecule is COc1ccnc([C@H](N)C(C)C)c1. The summed E-state index contributed by atoms with van der Waals surface area (Å²) in [7, 11) is 1.64. The highest BCUT2D eigenvalue weighted by Crippen LogP contribution is 2.20. The van der Waals surface area contributed by atoms with Gasteiger partial charge in [-0.1, -0.05) is 13.8 Å². The van der Waals surface area contributed by atoms with Crippen LogP contribution in [-0.2, 0) is 0 Å². The standard InChI is InChI=1S/C10H16N2O/c1-7(2)10(11)9-6-8(13-3)4-5-12-9/h4-7,10H,11H2,1-3H3/t10-/m1/s1. The van der Waals surface area contributed by atoms with E-state index in [1.165, 1.54) is 0 Å². The quantitative estimate of drug-likeness (QED) is 0.770. The van der Waals surface area contributed by atoms with Gasteiger partial charge in [0.2, 0.25) is 0 Å². The molecule has 0 bridgehead atoms. The van der Waals surface area contributed by atoms with Crippen LogP contribution in [0.2, 0.25) is 0 Å². The van der Waals surface area contributed by atoms with Gasteiger partial charge < -0.3 is 10.5 Å². The van der Waals surface area contributed by atoms with Gasteiger partial charge >= 0.3 is 0 Å². The maximum atomic E-state index is 5.94. The van der Waals surface area contributed by atoms with E-state index in [-0.39, 0.29) is 6.04 Å². The fourth-order valence-electron chi connectivity index (χ4n) is 1.08. The Morgan fingerprint density at radius 1 is 1.46 bits per heavy atom. The molecule has 0 aliphatic rings. The van der Waals surface area contributed by atoms with Crippen molar-refractivity contribution in [2.24, 2.45) is 11.7 Å². The zero-order valence-corrected chi connectivity index (χ0v) is 8.32. The summed E-state index contributed by atoms with van der Waals surface area (Å²) in [5.74, 6) is 1.20. The van der Waals surface area contributed by atoms with E-state index in [1.807, 2.05) is 12.1 Å².